The summed E-state index contributed by atoms with van der Waals surface area (Å²) in [5.74, 6) is 0. The van der Waals surface area contributed by atoms with Gasteiger partial charge in [-0.1, -0.05) is 53.2 Å². The first-order valence-electron chi connectivity index (χ1n) is 5.62. The van der Waals surface area contributed by atoms with Crippen LogP contribution in [0.15, 0.2) is 53.8 Å². The lowest BCUT2D eigenvalue weighted by Gasteiger charge is -2.02. The molecule has 0 amide bonds. The number of halogens is 1. The average Bonchev–Trinajstić information content (AvgIpc) is 2.42. The molecule has 1 aromatic carbocycles. The fraction of sp³-hybridized carbons (Fsp3) is 0.143. The number of nitrogens with zero attached hydrogens (tertiary/aromatic N) is 2. The fourth-order valence-corrected chi connectivity index (χ4v) is 1.83. The van der Waals surface area contributed by atoms with Crippen LogP contribution in [0.25, 0.3) is 0 Å². The van der Waals surface area contributed by atoms with Crippen molar-refractivity contribution in [3.05, 3.63) is 65.5 Å². The van der Waals surface area contributed by atoms with Crippen LogP contribution < -0.4 is 0 Å². The van der Waals surface area contributed by atoms with E-state index in [1.807, 2.05) is 30.3 Å². The lowest BCUT2D eigenvalue weighted by Crippen LogP contribution is -1.97. The number of hydrogen-bond acceptors (Lipinski definition) is 3. The van der Waals surface area contributed by atoms with Crippen LogP contribution in [0, 0.1) is 0 Å². The highest BCUT2D eigenvalue weighted by molar-refractivity contribution is 6.65. The van der Waals surface area contributed by atoms with E-state index in [1.54, 1.807) is 6.20 Å². The van der Waals surface area contributed by atoms with E-state index in [9.17, 15) is 0 Å². The van der Waals surface area contributed by atoms with Gasteiger partial charge in [-0.25, -0.2) is 0 Å². The summed E-state index contributed by atoms with van der Waals surface area (Å²) in [7, 11) is 0. The molecule has 3 nitrogen and oxygen atoms in total. The Morgan fingerprint density at radius 3 is 2.50 bits per heavy atom. The van der Waals surface area contributed by atoms with Crippen molar-refractivity contribution in [3.63, 3.8) is 0 Å². The highest BCUT2D eigenvalue weighted by Gasteiger charge is 2.01. The zero-order valence-corrected chi connectivity index (χ0v) is 10.5. The Balaban J connectivity index is 2.04. The number of aromatic nitrogens is 1. The molecule has 1 heterocycles. The first-order chi connectivity index (χ1) is 8.78. The predicted octanol–water partition coefficient (Wildman–Crippen LogP) is 3.24. The molecule has 0 saturated heterocycles. The van der Waals surface area contributed by atoms with E-state index in [2.05, 4.69) is 22.3 Å². The van der Waals surface area contributed by atoms with Gasteiger partial charge < -0.3 is 5.21 Å². The van der Waals surface area contributed by atoms with Gasteiger partial charge in [-0.05, 0) is 17.2 Å². The first kappa shape index (κ1) is 12.6. The minimum absolute atomic E-state index is 0.160. The smallest absolute Gasteiger partial charge is 0.149 e. The van der Waals surface area contributed by atoms with Crippen molar-refractivity contribution in [2.24, 2.45) is 5.16 Å². The fourth-order valence-electron chi connectivity index (χ4n) is 1.67. The van der Waals surface area contributed by atoms with Crippen LogP contribution in [0.5, 0.6) is 0 Å². The van der Waals surface area contributed by atoms with Gasteiger partial charge in [0.2, 0.25) is 0 Å². The van der Waals surface area contributed by atoms with Crippen LogP contribution in [-0.2, 0) is 12.8 Å². The van der Waals surface area contributed by atoms with Crippen molar-refractivity contribution in [3.8, 4) is 0 Å². The van der Waals surface area contributed by atoms with Gasteiger partial charge in [-0.2, -0.15) is 0 Å². The van der Waals surface area contributed by atoms with Gasteiger partial charge in [0.25, 0.3) is 0 Å². The largest absolute Gasteiger partial charge is 0.410 e. The molecule has 0 aliphatic heterocycles. The maximum absolute atomic E-state index is 8.48. The Morgan fingerprint density at radius 1 is 1.11 bits per heavy atom. The van der Waals surface area contributed by atoms with E-state index in [-0.39, 0.29) is 5.17 Å². The number of hydrogen-bond donors (Lipinski definition) is 1. The molecule has 0 radical (unpaired) electrons. The molecule has 0 atom stereocenters. The summed E-state index contributed by atoms with van der Waals surface area (Å²) in [6.07, 6.45) is 2.96. The monoisotopic (exact) mass is 260 g/mol. The van der Waals surface area contributed by atoms with Crippen molar-refractivity contribution in [1.82, 2.24) is 4.98 Å². The van der Waals surface area contributed by atoms with Gasteiger partial charge in [0.15, 0.2) is 0 Å². The van der Waals surface area contributed by atoms with Crippen LogP contribution >= 0.6 is 11.6 Å². The quantitative estimate of drug-likeness (QED) is 0.521. The topological polar surface area (TPSA) is 45.5 Å². The summed E-state index contributed by atoms with van der Waals surface area (Å²) in [6, 6.07) is 14.1. The molecule has 18 heavy (non-hydrogen) atoms. The molecule has 1 aromatic heterocycles. The maximum Gasteiger partial charge on any atom is 0.149 e. The SMILES string of the molecule is ON=C(Cl)Cc1ccc(Cc2ccccc2)nc1. The minimum Gasteiger partial charge on any atom is -0.410 e. The van der Waals surface area contributed by atoms with Crippen LogP contribution in [0.1, 0.15) is 16.8 Å². The highest BCUT2D eigenvalue weighted by atomic mass is 35.5. The third kappa shape index (κ3) is 3.57. The lowest BCUT2D eigenvalue weighted by molar-refractivity contribution is 0.319. The van der Waals surface area contributed by atoms with Gasteiger partial charge in [0.1, 0.15) is 5.17 Å². The summed E-state index contributed by atoms with van der Waals surface area (Å²) in [4.78, 5) is 4.37. The number of pyridine rings is 1. The van der Waals surface area contributed by atoms with E-state index in [0.717, 1.165) is 17.7 Å². The van der Waals surface area contributed by atoms with Crippen molar-refractivity contribution in [2.75, 3.05) is 0 Å². The van der Waals surface area contributed by atoms with E-state index in [1.165, 1.54) is 5.56 Å². The van der Waals surface area contributed by atoms with E-state index in [0.29, 0.717) is 6.42 Å². The molecule has 2 rings (SSSR count). The molecule has 4 heteroatoms. The molecule has 1 N–H and O–H groups in total. The van der Waals surface area contributed by atoms with E-state index in [4.69, 9.17) is 16.8 Å². The maximum atomic E-state index is 8.48. The van der Waals surface area contributed by atoms with Crippen LogP contribution in [0.4, 0.5) is 0 Å². The van der Waals surface area contributed by atoms with E-state index >= 15 is 0 Å². The van der Waals surface area contributed by atoms with Crippen molar-refractivity contribution in [1.29, 1.82) is 0 Å². The second-order valence-corrected chi connectivity index (χ2v) is 4.41. The Hall–Kier alpha value is -1.87. The second kappa shape index (κ2) is 6.17. The van der Waals surface area contributed by atoms with Crippen molar-refractivity contribution >= 4 is 16.8 Å². The zero-order chi connectivity index (χ0) is 12.8. The molecule has 0 saturated carbocycles. The van der Waals surface area contributed by atoms with Crippen molar-refractivity contribution < 1.29 is 5.21 Å². The standard InChI is InChI=1S/C14H13ClN2O/c15-14(17-18)9-12-6-7-13(16-10-12)8-11-4-2-1-3-5-11/h1-7,10,18H,8-9H2. The molecule has 0 unspecified atom stereocenters. The molecule has 0 fully saturated rings. The molecule has 2 aromatic rings. The molecular formula is C14H13ClN2O. The van der Waals surface area contributed by atoms with Crippen molar-refractivity contribution in [2.45, 2.75) is 12.8 Å². The molecular weight excluding hydrogens is 248 g/mol. The Morgan fingerprint density at radius 2 is 1.89 bits per heavy atom. The average molecular weight is 261 g/mol. The summed E-state index contributed by atoms with van der Waals surface area (Å²) in [5.41, 5.74) is 3.16. The molecule has 0 spiro atoms. The Labute approximate surface area is 111 Å². The predicted molar refractivity (Wildman–Crippen MR) is 72.3 cm³/mol. The number of rotatable bonds is 4. The van der Waals surface area contributed by atoms with Crippen LogP contribution in [0.3, 0.4) is 0 Å². The summed E-state index contributed by atoms with van der Waals surface area (Å²) >= 11 is 5.64. The van der Waals surface area contributed by atoms with Gasteiger partial charge in [-0.15, -0.1) is 0 Å². The van der Waals surface area contributed by atoms with Crippen LogP contribution in [0.2, 0.25) is 0 Å². The molecule has 0 aliphatic carbocycles. The van der Waals surface area contributed by atoms with Gasteiger partial charge in [0.05, 0.1) is 0 Å². The second-order valence-electron chi connectivity index (χ2n) is 3.97. The highest BCUT2D eigenvalue weighted by Crippen LogP contribution is 2.09. The zero-order valence-electron chi connectivity index (χ0n) is 9.75. The molecule has 0 bridgehead atoms. The summed E-state index contributed by atoms with van der Waals surface area (Å²) < 4.78 is 0. The number of benzene rings is 1. The van der Waals surface area contributed by atoms with Gasteiger partial charge in [-0.3, -0.25) is 4.98 Å². The van der Waals surface area contributed by atoms with Gasteiger partial charge >= 0.3 is 0 Å². The normalized spacial score (nSPS) is 11.5. The Bertz CT molecular complexity index is 523. The molecule has 0 aliphatic rings. The summed E-state index contributed by atoms with van der Waals surface area (Å²) in [6.45, 7) is 0. The lowest BCUT2D eigenvalue weighted by atomic mass is 10.1. The third-order valence-electron chi connectivity index (χ3n) is 2.57. The minimum atomic E-state index is 0.160. The van der Waals surface area contributed by atoms with E-state index < -0.39 is 0 Å². The summed E-state index contributed by atoms with van der Waals surface area (Å²) in [5, 5.41) is 11.6. The third-order valence-corrected chi connectivity index (χ3v) is 2.78. The molecule has 92 valence electrons. The van der Waals surface area contributed by atoms with Crippen LogP contribution in [-0.4, -0.2) is 15.4 Å². The first-order valence-corrected chi connectivity index (χ1v) is 6.00. The van der Waals surface area contributed by atoms with Gasteiger partial charge in [0, 0.05) is 24.7 Å². The Kier molecular flexibility index (Phi) is 4.31. The number of oxime groups is 1.